The third kappa shape index (κ3) is 4.67. The van der Waals surface area contributed by atoms with Crippen molar-refractivity contribution >= 4 is 11.7 Å². The summed E-state index contributed by atoms with van der Waals surface area (Å²) in [5.41, 5.74) is 2.00. The van der Waals surface area contributed by atoms with Gasteiger partial charge in [-0.25, -0.2) is 9.18 Å². The lowest BCUT2D eigenvalue weighted by molar-refractivity contribution is 0.237. The number of amides is 2. The molecule has 0 saturated carbocycles. The van der Waals surface area contributed by atoms with Gasteiger partial charge in [0, 0.05) is 26.8 Å². The van der Waals surface area contributed by atoms with Crippen LogP contribution in [-0.4, -0.2) is 25.1 Å². The molecule has 2 rings (SSSR count). The molecule has 23 heavy (non-hydrogen) atoms. The van der Waals surface area contributed by atoms with Gasteiger partial charge in [-0.3, -0.25) is 4.98 Å². The first-order valence-electron chi connectivity index (χ1n) is 7.38. The van der Waals surface area contributed by atoms with Gasteiger partial charge in [-0.05, 0) is 36.8 Å². The van der Waals surface area contributed by atoms with E-state index in [2.05, 4.69) is 15.6 Å². The Kier molecular flexibility index (Phi) is 5.51. The van der Waals surface area contributed by atoms with Crippen LogP contribution in [0.2, 0.25) is 0 Å². The highest BCUT2D eigenvalue weighted by Gasteiger charge is 2.10. The van der Waals surface area contributed by atoms with Crippen molar-refractivity contribution in [3.8, 4) is 0 Å². The summed E-state index contributed by atoms with van der Waals surface area (Å²) in [6, 6.07) is 9.93. The topological polar surface area (TPSA) is 57.3 Å². The van der Waals surface area contributed by atoms with Gasteiger partial charge in [-0.1, -0.05) is 12.1 Å². The van der Waals surface area contributed by atoms with E-state index in [0.29, 0.717) is 11.3 Å². The number of anilines is 1. The number of aromatic nitrogens is 1. The fraction of sp³-hybridized carbons (Fsp3) is 0.294. The lowest BCUT2D eigenvalue weighted by Gasteiger charge is -2.16. The van der Waals surface area contributed by atoms with Gasteiger partial charge in [0.05, 0.1) is 17.4 Å². The Morgan fingerprint density at radius 1 is 1.30 bits per heavy atom. The molecule has 0 spiro atoms. The van der Waals surface area contributed by atoms with Crippen LogP contribution in [0.5, 0.6) is 0 Å². The number of carbonyl (C=O) groups is 1. The van der Waals surface area contributed by atoms with E-state index >= 15 is 0 Å². The molecule has 122 valence electrons. The Morgan fingerprint density at radius 3 is 2.70 bits per heavy atom. The summed E-state index contributed by atoms with van der Waals surface area (Å²) in [5, 5.41) is 5.51. The van der Waals surface area contributed by atoms with E-state index in [1.807, 2.05) is 25.1 Å². The number of urea groups is 1. The smallest absolute Gasteiger partial charge is 0.315 e. The maximum atomic E-state index is 13.9. The average molecular weight is 316 g/mol. The lowest BCUT2D eigenvalue weighted by atomic mass is 10.2. The largest absolute Gasteiger partial charge is 0.375 e. The minimum Gasteiger partial charge on any atom is -0.375 e. The third-order valence-corrected chi connectivity index (χ3v) is 3.43. The lowest BCUT2D eigenvalue weighted by Crippen LogP contribution is -2.36. The van der Waals surface area contributed by atoms with Gasteiger partial charge in [-0.15, -0.1) is 0 Å². The van der Waals surface area contributed by atoms with Crippen LogP contribution in [0.25, 0.3) is 0 Å². The second-order valence-electron chi connectivity index (χ2n) is 5.48. The Balaban J connectivity index is 1.88. The van der Waals surface area contributed by atoms with E-state index in [9.17, 15) is 9.18 Å². The zero-order chi connectivity index (χ0) is 16.8. The number of nitrogens with one attached hydrogen (secondary N) is 2. The molecule has 0 fully saturated rings. The number of benzene rings is 1. The van der Waals surface area contributed by atoms with E-state index in [0.717, 1.165) is 5.69 Å². The highest BCUT2D eigenvalue weighted by Crippen LogP contribution is 2.18. The molecule has 1 atom stereocenters. The molecule has 0 bridgehead atoms. The number of pyridine rings is 1. The van der Waals surface area contributed by atoms with Crippen molar-refractivity contribution < 1.29 is 9.18 Å². The van der Waals surface area contributed by atoms with Crippen LogP contribution in [0.4, 0.5) is 14.9 Å². The fourth-order valence-corrected chi connectivity index (χ4v) is 2.16. The predicted molar refractivity (Wildman–Crippen MR) is 88.8 cm³/mol. The van der Waals surface area contributed by atoms with Gasteiger partial charge < -0.3 is 15.5 Å². The summed E-state index contributed by atoms with van der Waals surface area (Å²) in [5.74, 6) is -0.309. The molecule has 1 heterocycles. The molecular weight excluding hydrogens is 295 g/mol. The van der Waals surface area contributed by atoms with Crippen molar-refractivity contribution in [1.29, 1.82) is 0 Å². The quantitative estimate of drug-likeness (QED) is 0.892. The van der Waals surface area contributed by atoms with Crippen LogP contribution in [0.15, 0.2) is 42.6 Å². The zero-order valence-electron chi connectivity index (χ0n) is 13.5. The van der Waals surface area contributed by atoms with E-state index < -0.39 is 0 Å². The summed E-state index contributed by atoms with van der Waals surface area (Å²) in [4.78, 5) is 17.8. The van der Waals surface area contributed by atoms with Gasteiger partial charge in [0.15, 0.2) is 0 Å². The first kappa shape index (κ1) is 16.7. The molecule has 2 aromatic rings. The van der Waals surface area contributed by atoms with E-state index in [1.165, 1.54) is 6.07 Å². The molecule has 1 aromatic carbocycles. The van der Waals surface area contributed by atoms with Gasteiger partial charge >= 0.3 is 6.03 Å². The van der Waals surface area contributed by atoms with Crippen LogP contribution >= 0.6 is 0 Å². The van der Waals surface area contributed by atoms with E-state index in [4.69, 9.17) is 0 Å². The van der Waals surface area contributed by atoms with Gasteiger partial charge in [-0.2, -0.15) is 0 Å². The van der Waals surface area contributed by atoms with Crippen molar-refractivity contribution in [1.82, 2.24) is 15.6 Å². The molecule has 6 heteroatoms. The number of hydrogen-bond acceptors (Lipinski definition) is 3. The maximum absolute atomic E-state index is 13.9. The molecule has 0 saturated heterocycles. The van der Waals surface area contributed by atoms with Gasteiger partial charge in [0.1, 0.15) is 5.82 Å². The average Bonchev–Trinajstić information content (AvgIpc) is 2.53. The minimum atomic E-state index is -0.319. The molecule has 1 aromatic heterocycles. The third-order valence-electron chi connectivity index (χ3n) is 3.43. The molecule has 0 radical (unpaired) electrons. The molecule has 0 aliphatic carbocycles. The number of carbonyl (C=O) groups excluding carboxylic acids is 1. The van der Waals surface area contributed by atoms with Crippen molar-refractivity contribution in [2.24, 2.45) is 0 Å². The number of hydrogen-bond donors (Lipinski definition) is 2. The van der Waals surface area contributed by atoms with E-state index in [-0.39, 0.29) is 24.4 Å². The van der Waals surface area contributed by atoms with Gasteiger partial charge in [0.2, 0.25) is 0 Å². The second-order valence-corrected chi connectivity index (χ2v) is 5.48. The Hall–Kier alpha value is -2.63. The molecule has 2 amide bonds. The standard InChI is InChI=1S/C17H21FN4O/c1-12(15-6-4-5-9-19-15)21-17(23)20-11-13-7-8-16(22(2)3)14(18)10-13/h4-10,12H,11H2,1-3H3,(H2,20,21,23). The van der Waals surface area contributed by atoms with Crippen molar-refractivity contribution in [3.63, 3.8) is 0 Å². The summed E-state index contributed by atoms with van der Waals surface area (Å²) >= 11 is 0. The van der Waals surface area contributed by atoms with Crippen LogP contribution < -0.4 is 15.5 Å². The molecule has 1 unspecified atom stereocenters. The summed E-state index contributed by atoms with van der Waals surface area (Å²) in [7, 11) is 3.56. The Labute approximate surface area is 135 Å². The number of halogens is 1. The van der Waals surface area contributed by atoms with Crippen molar-refractivity contribution in [3.05, 3.63) is 59.7 Å². The molecular formula is C17H21FN4O. The molecule has 0 aliphatic heterocycles. The zero-order valence-corrected chi connectivity index (χ0v) is 13.5. The highest BCUT2D eigenvalue weighted by atomic mass is 19.1. The number of nitrogens with zero attached hydrogens (tertiary/aromatic N) is 2. The monoisotopic (exact) mass is 316 g/mol. The normalized spacial score (nSPS) is 11.7. The highest BCUT2D eigenvalue weighted by molar-refractivity contribution is 5.74. The van der Waals surface area contributed by atoms with E-state index in [1.54, 1.807) is 37.3 Å². The first-order valence-corrected chi connectivity index (χ1v) is 7.38. The first-order chi connectivity index (χ1) is 11.0. The van der Waals surface area contributed by atoms with Crippen LogP contribution in [0, 0.1) is 5.82 Å². The van der Waals surface area contributed by atoms with Crippen molar-refractivity contribution in [2.75, 3.05) is 19.0 Å². The summed E-state index contributed by atoms with van der Waals surface area (Å²) in [6.45, 7) is 2.11. The van der Waals surface area contributed by atoms with Crippen LogP contribution in [-0.2, 0) is 6.54 Å². The fourth-order valence-electron chi connectivity index (χ4n) is 2.16. The Bertz CT molecular complexity index is 661. The Morgan fingerprint density at radius 2 is 2.09 bits per heavy atom. The number of rotatable bonds is 5. The van der Waals surface area contributed by atoms with Gasteiger partial charge in [0.25, 0.3) is 0 Å². The summed E-state index contributed by atoms with van der Waals surface area (Å²) in [6.07, 6.45) is 1.68. The molecule has 5 nitrogen and oxygen atoms in total. The van der Waals surface area contributed by atoms with Crippen LogP contribution in [0.1, 0.15) is 24.2 Å². The molecule has 2 N–H and O–H groups in total. The molecule has 0 aliphatic rings. The predicted octanol–water partition coefficient (Wildman–Crippen LogP) is 2.85. The second kappa shape index (κ2) is 7.58. The minimum absolute atomic E-state index is 0.205. The SMILES string of the molecule is CC(NC(=O)NCc1ccc(N(C)C)c(F)c1)c1ccccn1. The van der Waals surface area contributed by atoms with Crippen LogP contribution in [0.3, 0.4) is 0 Å². The summed E-state index contributed by atoms with van der Waals surface area (Å²) < 4.78 is 13.9. The van der Waals surface area contributed by atoms with Crippen molar-refractivity contribution in [2.45, 2.75) is 19.5 Å². The maximum Gasteiger partial charge on any atom is 0.315 e.